The molecule has 0 aliphatic heterocycles. The predicted octanol–water partition coefficient (Wildman–Crippen LogP) is 2.99. The number of methoxy groups -OCH3 is 1. The summed E-state index contributed by atoms with van der Waals surface area (Å²) in [5.74, 6) is 0. The van der Waals surface area contributed by atoms with Gasteiger partial charge < -0.3 is 10.5 Å². The van der Waals surface area contributed by atoms with E-state index in [2.05, 4.69) is 31.2 Å². The molecule has 0 saturated heterocycles. The van der Waals surface area contributed by atoms with E-state index in [9.17, 15) is 0 Å². The highest BCUT2D eigenvalue weighted by atomic mass is 16.5. The molecule has 0 aromatic heterocycles. The van der Waals surface area contributed by atoms with Crippen LogP contribution in [0.15, 0.2) is 24.3 Å². The van der Waals surface area contributed by atoms with Crippen molar-refractivity contribution in [1.82, 2.24) is 0 Å². The molecule has 1 aliphatic rings. The van der Waals surface area contributed by atoms with Gasteiger partial charge in [-0.3, -0.25) is 0 Å². The Morgan fingerprint density at radius 3 is 2.71 bits per heavy atom. The molecule has 2 rings (SSSR count). The molecule has 1 fully saturated rings. The van der Waals surface area contributed by atoms with Crippen molar-refractivity contribution in [3.63, 3.8) is 0 Å². The first-order valence-corrected chi connectivity index (χ1v) is 6.55. The number of hydrogen-bond donors (Lipinski definition) is 1. The third-order valence-electron chi connectivity index (χ3n) is 3.92. The van der Waals surface area contributed by atoms with Crippen LogP contribution in [0.5, 0.6) is 0 Å². The average molecular weight is 233 g/mol. The normalized spacial score (nSPS) is 20.4. The summed E-state index contributed by atoms with van der Waals surface area (Å²) in [6, 6.07) is 8.73. The van der Waals surface area contributed by atoms with Crippen LogP contribution in [0.4, 0.5) is 0 Å². The minimum atomic E-state index is -0.0771. The summed E-state index contributed by atoms with van der Waals surface area (Å²) in [6.45, 7) is 2.10. The van der Waals surface area contributed by atoms with Gasteiger partial charge in [0.1, 0.15) is 0 Å². The van der Waals surface area contributed by atoms with Crippen molar-refractivity contribution in [3.05, 3.63) is 35.4 Å². The van der Waals surface area contributed by atoms with Crippen molar-refractivity contribution in [1.29, 1.82) is 0 Å². The maximum absolute atomic E-state index is 6.48. The highest BCUT2D eigenvalue weighted by Gasteiger charge is 2.31. The molecule has 0 heterocycles. The molecule has 1 aromatic rings. The lowest BCUT2D eigenvalue weighted by molar-refractivity contribution is 0.119. The molecule has 1 saturated carbocycles. The van der Waals surface area contributed by atoms with Gasteiger partial charge in [0.15, 0.2) is 0 Å². The van der Waals surface area contributed by atoms with Crippen LogP contribution in [-0.2, 0) is 16.7 Å². The van der Waals surface area contributed by atoms with E-state index in [1.165, 1.54) is 24.0 Å². The van der Waals surface area contributed by atoms with Crippen molar-refractivity contribution in [2.45, 2.75) is 50.7 Å². The number of hydrogen-bond acceptors (Lipinski definition) is 2. The lowest BCUT2D eigenvalue weighted by Crippen LogP contribution is -2.33. The molecule has 1 aromatic carbocycles. The quantitative estimate of drug-likeness (QED) is 0.867. The molecule has 2 nitrogen and oxygen atoms in total. The highest BCUT2D eigenvalue weighted by molar-refractivity contribution is 5.30. The first kappa shape index (κ1) is 12.6. The van der Waals surface area contributed by atoms with Gasteiger partial charge in [0, 0.05) is 12.6 Å². The molecule has 2 N–H and O–H groups in total. The molecular weight excluding hydrogens is 210 g/mol. The van der Waals surface area contributed by atoms with Crippen LogP contribution in [0.3, 0.4) is 0 Å². The van der Waals surface area contributed by atoms with Crippen LogP contribution in [0, 0.1) is 0 Å². The molecule has 2 heteroatoms. The van der Waals surface area contributed by atoms with Gasteiger partial charge >= 0.3 is 0 Å². The zero-order valence-corrected chi connectivity index (χ0v) is 10.9. The molecule has 0 bridgehead atoms. The van der Waals surface area contributed by atoms with E-state index < -0.39 is 0 Å². The zero-order valence-electron chi connectivity index (χ0n) is 10.9. The second kappa shape index (κ2) is 5.19. The number of nitrogens with two attached hydrogens (primary N) is 1. The number of ether oxygens (including phenoxy) is 1. The Morgan fingerprint density at radius 2 is 2.06 bits per heavy atom. The van der Waals surface area contributed by atoms with Crippen LogP contribution in [0.2, 0.25) is 0 Å². The largest absolute Gasteiger partial charge is 0.381 e. The fourth-order valence-electron chi connectivity index (χ4n) is 2.72. The van der Waals surface area contributed by atoms with E-state index >= 15 is 0 Å². The molecule has 17 heavy (non-hydrogen) atoms. The van der Waals surface area contributed by atoms with E-state index in [1.807, 2.05) is 0 Å². The standard InChI is InChI=1S/C15H23NO/c1-12(17-2)10-13-6-5-7-14(11-13)15(16)8-3-4-9-15/h5-7,11-12H,3-4,8-10,16H2,1-2H3. The van der Waals surface area contributed by atoms with Gasteiger partial charge in [0.05, 0.1) is 6.10 Å². The third kappa shape index (κ3) is 2.88. The minimum absolute atomic E-state index is 0.0771. The Balaban J connectivity index is 2.16. The molecule has 1 unspecified atom stereocenters. The lowest BCUT2D eigenvalue weighted by atomic mass is 9.88. The molecule has 1 aliphatic carbocycles. The van der Waals surface area contributed by atoms with Gasteiger partial charge in [-0.2, -0.15) is 0 Å². The topological polar surface area (TPSA) is 35.2 Å². The van der Waals surface area contributed by atoms with E-state index in [0.29, 0.717) is 0 Å². The number of benzene rings is 1. The van der Waals surface area contributed by atoms with Crippen molar-refractivity contribution >= 4 is 0 Å². The minimum Gasteiger partial charge on any atom is -0.381 e. The van der Waals surface area contributed by atoms with E-state index in [0.717, 1.165) is 19.3 Å². The van der Waals surface area contributed by atoms with Gasteiger partial charge in [0.25, 0.3) is 0 Å². The van der Waals surface area contributed by atoms with Crippen molar-refractivity contribution in [2.75, 3.05) is 7.11 Å². The first-order valence-electron chi connectivity index (χ1n) is 6.55. The van der Waals surface area contributed by atoms with Crippen molar-refractivity contribution in [3.8, 4) is 0 Å². The Hall–Kier alpha value is -0.860. The summed E-state index contributed by atoms with van der Waals surface area (Å²) < 4.78 is 5.31. The maximum atomic E-state index is 6.48. The Bertz CT molecular complexity index is 369. The second-order valence-corrected chi connectivity index (χ2v) is 5.31. The highest BCUT2D eigenvalue weighted by Crippen LogP contribution is 2.36. The monoisotopic (exact) mass is 233 g/mol. The average Bonchev–Trinajstić information content (AvgIpc) is 2.78. The van der Waals surface area contributed by atoms with E-state index in [4.69, 9.17) is 10.5 Å². The predicted molar refractivity (Wildman–Crippen MR) is 71.0 cm³/mol. The molecule has 1 atom stereocenters. The first-order chi connectivity index (χ1) is 8.14. The van der Waals surface area contributed by atoms with Gasteiger partial charge in [0.2, 0.25) is 0 Å². The SMILES string of the molecule is COC(C)Cc1cccc(C2(N)CCCC2)c1. The maximum Gasteiger partial charge on any atom is 0.0583 e. The molecular formula is C15H23NO. The summed E-state index contributed by atoms with van der Waals surface area (Å²) in [7, 11) is 1.76. The summed E-state index contributed by atoms with van der Waals surface area (Å²) >= 11 is 0. The Morgan fingerprint density at radius 1 is 1.35 bits per heavy atom. The zero-order chi connectivity index (χ0) is 12.3. The smallest absolute Gasteiger partial charge is 0.0583 e. The third-order valence-corrected chi connectivity index (χ3v) is 3.92. The summed E-state index contributed by atoms with van der Waals surface area (Å²) in [6.07, 6.45) is 5.99. The van der Waals surface area contributed by atoms with Crippen molar-refractivity contribution < 1.29 is 4.74 Å². The summed E-state index contributed by atoms with van der Waals surface area (Å²) in [4.78, 5) is 0. The van der Waals surface area contributed by atoms with Crippen LogP contribution < -0.4 is 5.73 Å². The molecule has 0 amide bonds. The number of rotatable bonds is 4. The molecule has 0 radical (unpaired) electrons. The van der Waals surface area contributed by atoms with Crippen LogP contribution >= 0.6 is 0 Å². The van der Waals surface area contributed by atoms with Crippen LogP contribution in [-0.4, -0.2) is 13.2 Å². The van der Waals surface area contributed by atoms with E-state index in [1.54, 1.807) is 7.11 Å². The Kier molecular flexibility index (Phi) is 3.85. The van der Waals surface area contributed by atoms with Gasteiger partial charge in [-0.05, 0) is 37.3 Å². The molecule has 94 valence electrons. The molecule has 0 spiro atoms. The van der Waals surface area contributed by atoms with Crippen LogP contribution in [0.25, 0.3) is 0 Å². The van der Waals surface area contributed by atoms with Crippen molar-refractivity contribution in [2.24, 2.45) is 5.73 Å². The summed E-state index contributed by atoms with van der Waals surface area (Å²) in [5.41, 5.74) is 9.03. The lowest BCUT2D eigenvalue weighted by Gasteiger charge is -2.25. The fourth-order valence-corrected chi connectivity index (χ4v) is 2.72. The van der Waals surface area contributed by atoms with Gasteiger partial charge in [-0.1, -0.05) is 37.1 Å². The fraction of sp³-hybridized carbons (Fsp3) is 0.600. The Labute approximate surface area is 104 Å². The second-order valence-electron chi connectivity index (χ2n) is 5.31. The van der Waals surface area contributed by atoms with Gasteiger partial charge in [-0.25, -0.2) is 0 Å². The van der Waals surface area contributed by atoms with Crippen LogP contribution in [0.1, 0.15) is 43.7 Å². The summed E-state index contributed by atoms with van der Waals surface area (Å²) in [5, 5.41) is 0. The van der Waals surface area contributed by atoms with Gasteiger partial charge in [-0.15, -0.1) is 0 Å². The van der Waals surface area contributed by atoms with E-state index in [-0.39, 0.29) is 11.6 Å².